The molecule has 1 aromatic heterocycles. The zero-order valence-electron chi connectivity index (χ0n) is 20.4. The SMILES string of the molecule is O=C(CN(C1CC1)S(=O)(=O)c1ccc(Cl)cc1)N(CCc1c[nH]c2ccccc12)Cc1ccc(Cl)c(Cl)c1. The van der Waals surface area contributed by atoms with E-state index in [1.54, 1.807) is 29.2 Å². The van der Waals surface area contributed by atoms with E-state index in [1.165, 1.54) is 16.4 Å². The van der Waals surface area contributed by atoms with E-state index in [4.69, 9.17) is 34.8 Å². The van der Waals surface area contributed by atoms with Crippen LogP contribution in [-0.2, 0) is 27.8 Å². The normalized spacial score (nSPS) is 13.8. The number of para-hydroxylation sites is 1. The number of rotatable bonds is 10. The quantitative estimate of drug-likeness (QED) is 0.228. The molecule has 198 valence electrons. The molecule has 1 saturated carbocycles. The first-order valence-electron chi connectivity index (χ1n) is 12.3. The Balaban J connectivity index is 1.40. The van der Waals surface area contributed by atoms with Crippen LogP contribution in [-0.4, -0.2) is 47.6 Å². The van der Waals surface area contributed by atoms with E-state index in [9.17, 15) is 13.2 Å². The zero-order chi connectivity index (χ0) is 26.9. The molecule has 5 rings (SSSR count). The van der Waals surface area contributed by atoms with Crippen molar-refractivity contribution in [1.82, 2.24) is 14.2 Å². The minimum absolute atomic E-state index is 0.122. The first-order chi connectivity index (χ1) is 18.2. The third kappa shape index (κ3) is 6.03. The fraction of sp³-hybridized carbons (Fsp3) is 0.250. The number of nitrogens with zero attached hydrogens (tertiary/aromatic N) is 2. The molecule has 3 aromatic carbocycles. The van der Waals surface area contributed by atoms with Gasteiger partial charge in [0.15, 0.2) is 0 Å². The molecule has 1 N–H and O–H groups in total. The van der Waals surface area contributed by atoms with Gasteiger partial charge in [-0.1, -0.05) is 59.1 Å². The van der Waals surface area contributed by atoms with E-state index in [0.717, 1.165) is 34.9 Å². The Hall–Kier alpha value is -2.55. The van der Waals surface area contributed by atoms with Gasteiger partial charge in [0.1, 0.15) is 0 Å². The Morgan fingerprint density at radius 2 is 1.68 bits per heavy atom. The van der Waals surface area contributed by atoms with Crippen molar-refractivity contribution in [1.29, 1.82) is 0 Å². The lowest BCUT2D eigenvalue weighted by molar-refractivity contribution is -0.132. The number of nitrogens with one attached hydrogen (secondary N) is 1. The van der Waals surface area contributed by atoms with Crippen molar-refractivity contribution in [2.75, 3.05) is 13.1 Å². The van der Waals surface area contributed by atoms with Crippen LogP contribution >= 0.6 is 34.8 Å². The van der Waals surface area contributed by atoms with Gasteiger partial charge in [-0.25, -0.2) is 8.42 Å². The Kier molecular flexibility index (Phi) is 8.03. The number of hydrogen-bond donors (Lipinski definition) is 1. The van der Waals surface area contributed by atoms with Crippen LogP contribution in [0.5, 0.6) is 0 Å². The van der Waals surface area contributed by atoms with Crippen molar-refractivity contribution >= 4 is 61.6 Å². The van der Waals surface area contributed by atoms with Crippen LogP contribution in [0.2, 0.25) is 15.1 Å². The Bertz CT molecular complexity index is 1570. The second-order valence-corrected chi connectivity index (χ2v) is 12.5. The summed E-state index contributed by atoms with van der Waals surface area (Å²) in [5, 5.41) is 2.38. The number of aromatic nitrogens is 1. The maximum atomic E-state index is 13.7. The molecular formula is C28H26Cl3N3O3S. The van der Waals surface area contributed by atoms with Crippen molar-refractivity contribution in [3.8, 4) is 0 Å². The average molecular weight is 591 g/mol. The van der Waals surface area contributed by atoms with E-state index >= 15 is 0 Å². The zero-order valence-corrected chi connectivity index (χ0v) is 23.5. The largest absolute Gasteiger partial charge is 0.361 e. The highest BCUT2D eigenvalue weighted by atomic mass is 35.5. The summed E-state index contributed by atoms with van der Waals surface area (Å²) in [6.45, 7) is 0.433. The van der Waals surface area contributed by atoms with Gasteiger partial charge in [0.25, 0.3) is 0 Å². The first kappa shape index (κ1) is 27.0. The number of H-pyrrole nitrogens is 1. The predicted octanol–water partition coefficient (Wildman–Crippen LogP) is 6.55. The molecule has 0 radical (unpaired) electrons. The maximum absolute atomic E-state index is 13.7. The van der Waals surface area contributed by atoms with Crippen molar-refractivity contribution < 1.29 is 13.2 Å². The summed E-state index contributed by atoms with van der Waals surface area (Å²) in [7, 11) is -3.87. The molecule has 0 bridgehead atoms. The highest BCUT2D eigenvalue weighted by molar-refractivity contribution is 7.89. The number of halogens is 3. The number of carbonyl (C=O) groups excluding carboxylic acids is 1. The van der Waals surface area contributed by atoms with Crippen molar-refractivity contribution in [2.45, 2.75) is 36.7 Å². The fourth-order valence-electron chi connectivity index (χ4n) is 4.49. The van der Waals surface area contributed by atoms with Crippen LogP contribution in [0.3, 0.4) is 0 Å². The number of hydrogen-bond acceptors (Lipinski definition) is 3. The van der Waals surface area contributed by atoms with Gasteiger partial charge in [0.05, 0.1) is 21.5 Å². The third-order valence-corrected chi connectivity index (χ3v) is 9.61. The molecule has 0 unspecified atom stereocenters. The lowest BCUT2D eigenvalue weighted by atomic mass is 10.1. The van der Waals surface area contributed by atoms with Gasteiger partial charge in [-0.2, -0.15) is 4.31 Å². The molecule has 4 aromatic rings. The summed E-state index contributed by atoms with van der Waals surface area (Å²) in [6, 6.07) is 19.1. The minimum atomic E-state index is -3.87. The summed E-state index contributed by atoms with van der Waals surface area (Å²) in [5.41, 5.74) is 2.92. The summed E-state index contributed by atoms with van der Waals surface area (Å²) < 4.78 is 28.3. The van der Waals surface area contributed by atoms with Crippen LogP contribution in [0.1, 0.15) is 24.0 Å². The van der Waals surface area contributed by atoms with Gasteiger partial charge in [-0.05, 0) is 72.9 Å². The number of carbonyl (C=O) groups is 1. The number of benzene rings is 3. The molecule has 10 heteroatoms. The fourth-order valence-corrected chi connectivity index (χ4v) is 6.57. The Labute approximate surface area is 237 Å². The molecule has 1 aliphatic rings. The van der Waals surface area contributed by atoms with E-state index < -0.39 is 10.0 Å². The maximum Gasteiger partial charge on any atom is 0.243 e. The number of aromatic amines is 1. The van der Waals surface area contributed by atoms with E-state index in [1.807, 2.05) is 36.5 Å². The standard InChI is InChI=1S/C28H26Cl3N3O3S/c29-21-6-10-23(11-7-21)38(36,37)34(22-8-9-22)18-28(35)33(17-19-5-12-25(30)26(31)15-19)14-13-20-16-32-27-4-2-1-3-24(20)27/h1-7,10-12,15-16,22,32H,8-9,13-14,17-18H2. The second kappa shape index (κ2) is 11.3. The number of amides is 1. The molecule has 0 aliphatic heterocycles. The smallest absolute Gasteiger partial charge is 0.243 e. The summed E-state index contributed by atoms with van der Waals surface area (Å²) >= 11 is 18.3. The molecule has 6 nitrogen and oxygen atoms in total. The summed E-state index contributed by atoms with van der Waals surface area (Å²) in [6.07, 6.45) is 4.00. The average Bonchev–Trinajstić information content (AvgIpc) is 3.66. The van der Waals surface area contributed by atoms with Crippen LogP contribution in [0.15, 0.2) is 77.8 Å². The van der Waals surface area contributed by atoms with Crippen molar-refractivity contribution in [3.63, 3.8) is 0 Å². The minimum Gasteiger partial charge on any atom is -0.361 e. The predicted molar refractivity (Wildman–Crippen MR) is 152 cm³/mol. The molecule has 0 spiro atoms. The van der Waals surface area contributed by atoms with E-state index in [0.29, 0.717) is 28.0 Å². The molecule has 0 saturated heterocycles. The van der Waals surface area contributed by atoms with Crippen LogP contribution in [0.25, 0.3) is 10.9 Å². The molecular weight excluding hydrogens is 565 g/mol. The van der Waals surface area contributed by atoms with Crippen molar-refractivity contribution in [3.05, 3.63) is 99.1 Å². The van der Waals surface area contributed by atoms with Crippen LogP contribution in [0, 0.1) is 0 Å². The number of fused-ring (bicyclic) bond motifs is 1. The monoisotopic (exact) mass is 589 g/mol. The highest BCUT2D eigenvalue weighted by Gasteiger charge is 2.40. The van der Waals surface area contributed by atoms with Gasteiger partial charge in [0.2, 0.25) is 15.9 Å². The van der Waals surface area contributed by atoms with Gasteiger partial charge in [0, 0.05) is 41.3 Å². The van der Waals surface area contributed by atoms with E-state index in [-0.39, 0.29) is 29.9 Å². The van der Waals surface area contributed by atoms with Gasteiger partial charge < -0.3 is 9.88 Å². The molecule has 1 fully saturated rings. The first-order valence-corrected chi connectivity index (χ1v) is 14.8. The number of sulfonamides is 1. The second-order valence-electron chi connectivity index (χ2n) is 9.41. The van der Waals surface area contributed by atoms with E-state index in [2.05, 4.69) is 4.98 Å². The lowest BCUT2D eigenvalue weighted by Crippen LogP contribution is -2.44. The van der Waals surface area contributed by atoms with Gasteiger partial charge >= 0.3 is 0 Å². The summed E-state index contributed by atoms with van der Waals surface area (Å²) in [5.74, 6) is -0.277. The van der Waals surface area contributed by atoms with Crippen LogP contribution in [0.4, 0.5) is 0 Å². The highest BCUT2D eigenvalue weighted by Crippen LogP contribution is 2.32. The van der Waals surface area contributed by atoms with Crippen LogP contribution < -0.4 is 0 Å². The Morgan fingerprint density at radius 1 is 0.947 bits per heavy atom. The molecule has 1 aliphatic carbocycles. The molecule has 1 heterocycles. The van der Waals surface area contributed by atoms with Gasteiger partial charge in [-0.3, -0.25) is 4.79 Å². The third-order valence-electron chi connectivity index (χ3n) is 6.70. The lowest BCUT2D eigenvalue weighted by Gasteiger charge is -2.27. The topological polar surface area (TPSA) is 73.5 Å². The van der Waals surface area contributed by atoms with Gasteiger partial charge in [-0.15, -0.1) is 0 Å². The van der Waals surface area contributed by atoms with Crippen molar-refractivity contribution in [2.24, 2.45) is 0 Å². The Morgan fingerprint density at radius 3 is 2.39 bits per heavy atom. The molecule has 0 atom stereocenters. The summed E-state index contributed by atoms with van der Waals surface area (Å²) in [4.78, 5) is 18.8. The molecule has 38 heavy (non-hydrogen) atoms. The molecule has 1 amide bonds.